The summed E-state index contributed by atoms with van der Waals surface area (Å²) in [4.78, 5) is 0. The van der Waals surface area contributed by atoms with Crippen LogP contribution in [-0.2, 0) is 0 Å². The first kappa shape index (κ1) is 13.1. The van der Waals surface area contributed by atoms with Crippen molar-refractivity contribution >= 4 is 44.8 Å². The van der Waals surface area contributed by atoms with Gasteiger partial charge in [0, 0.05) is 0 Å². The third kappa shape index (κ3) is 3.09. The van der Waals surface area contributed by atoms with Crippen molar-refractivity contribution in [2.75, 3.05) is 6.26 Å². The Hall–Kier alpha value is -1.39. The average molecular weight is 274 g/mol. The van der Waals surface area contributed by atoms with E-state index in [1.807, 2.05) is 25.3 Å². The number of thioether (sulfide) groups is 1. The van der Waals surface area contributed by atoms with Crippen LogP contribution in [0, 0.1) is 0 Å². The van der Waals surface area contributed by atoms with Gasteiger partial charge in [0.1, 0.15) is 0 Å². The van der Waals surface area contributed by atoms with Crippen LogP contribution < -0.4 is 5.43 Å². The highest BCUT2D eigenvalue weighted by molar-refractivity contribution is 8.22. The second-order valence-electron chi connectivity index (χ2n) is 3.86. The van der Waals surface area contributed by atoms with Gasteiger partial charge >= 0.3 is 0 Å². The highest BCUT2D eigenvalue weighted by Gasteiger charge is 2.00. The zero-order valence-corrected chi connectivity index (χ0v) is 11.9. The van der Waals surface area contributed by atoms with E-state index in [2.05, 4.69) is 40.9 Å². The third-order valence-electron chi connectivity index (χ3n) is 2.67. The minimum atomic E-state index is 0.676. The van der Waals surface area contributed by atoms with E-state index < -0.39 is 0 Å². The largest absolute Gasteiger partial charge is 0.262 e. The van der Waals surface area contributed by atoms with Gasteiger partial charge in [-0.2, -0.15) is 5.10 Å². The molecule has 18 heavy (non-hydrogen) atoms. The smallest absolute Gasteiger partial charge is 0.153 e. The Morgan fingerprint density at radius 3 is 2.61 bits per heavy atom. The van der Waals surface area contributed by atoms with Crippen molar-refractivity contribution in [3.63, 3.8) is 0 Å². The number of nitrogens with zero attached hydrogens (tertiary/aromatic N) is 1. The lowest BCUT2D eigenvalue weighted by atomic mass is 10.0. The number of benzene rings is 2. The van der Waals surface area contributed by atoms with E-state index >= 15 is 0 Å². The van der Waals surface area contributed by atoms with Gasteiger partial charge in [-0.1, -0.05) is 60.4 Å². The second kappa shape index (κ2) is 5.98. The van der Waals surface area contributed by atoms with E-state index in [1.165, 1.54) is 22.5 Å². The Morgan fingerprint density at radius 2 is 1.89 bits per heavy atom. The van der Waals surface area contributed by atoms with Crippen molar-refractivity contribution in [2.45, 2.75) is 6.92 Å². The van der Waals surface area contributed by atoms with Gasteiger partial charge in [0.15, 0.2) is 4.32 Å². The van der Waals surface area contributed by atoms with E-state index in [1.54, 1.807) is 0 Å². The Labute approximate surface area is 116 Å². The Kier molecular flexibility index (Phi) is 4.33. The van der Waals surface area contributed by atoms with Crippen LogP contribution in [0.4, 0.5) is 0 Å². The van der Waals surface area contributed by atoms with Crippen molar-refractivity contribution in [2.24, 2.45) is 5.10 Å². The predicted molar refractivity (Wildman–Crippen MR) is 85.4 cm³/mol. The van der Waals surface area contributed by atoms with Crippen LogP contribution in [-0.4, -0.2) is 16.3 Å². The number of hydrogen-bond donors (Lipinski definition) is 1. The maximum absolute atomic E-state index is 5.05. The summed E-state index contributed by atoms with van der Waals surface area (Å²) in [5.41, 5.74) is 4.89. The van der Waals surface area contributed by atoms with E-state index in [0.29, 0.717) is 4.32 Å². The SMILES string of the molecule is CSC(=S)NN=C(C)c1ccc2ccccc2c1. The fourth-order valence-corrected chi connectivity index (χ4v) is 1.84. The number of hydrogen-bond acceptors (Lipinski definition) is 3. The van der Waals surface area contributed by atoms with Crippen molar-refractivity contribution in [3.05, 3.63) is 48.0 Å². The minimum absolute atomic E-state index is 0.676. The Balaban J connectivity index is 2.27. The molecule has 2 aromatic carbocycles. The van der Waals surface area contributed by atoms with Gasteiger partial charge < -0.3 is 0 Å². The number of fused-ring (bicyclic) bond motifs is 1. The zero-order valence-electron chi connectivity index (χ0n) is 10.3. The number of hydrazone groups is 1. The van der Waals surface area contributed by atoms with Crippen molar-refractivity contribution < 1.29 is 0 Å². The van der Waals surface area contributed by atoms with Gasteiger partial charge in [-0.3, -0.25) is 5.43 Å². The van der Waals surface area contributed by atoms with Gasteiger partial charge in [-0.15, -0.1) is 0 Å². The van der Waals surface area contributed by atoms with Gasteiger partial charge in [-0.25, -0.2) is 0 Å². The molecule has 0 aliphatic carbocycles. The molecule has 0 aliphatic heterocycles. The molecule has 0 bridgehead atoms. The van der Waals surface area contributed by atoms with E-state index in [4.69, 9.17) is 12.2 Å². The second-order valence-corrected chi connectivity index (χ2v) is 5.35. The van der Waals surface area contributed by atoms with E-state index in [9.17, 15) is 0 Å². The molecule has 4 heteroatoms. The van der Waals surface area contributed by atoms with Crippen LogP contribution in [0.15, 0.2) is 47.6 Å². The van der Waals surface area contributed by atoms with Crippen LogP contribution >= 0.6 is 24.0 Å². The fraction of sp³-hybridized carbons (Fsp3) is 0.143. The molecule has 0 saturated carbocycles. The topological polar surface area (TPSA) is 24.4 Å². The fourth-order valence-electron chi connectivity index (χ4n) is 1.65. The number of thiocarbonyl (C=S) groups is 1. The number of nitrogens with one attached hydrogen (secondary N) is 1. The molecule has 2 aromatic rings. The summed E-state index contributed by atoms with van der Waals surface area (Å²) in [6, 6.07) is 14.6. The van der Waals surface area contributed by atoms with Crippen LogP contribution in [0.1, 0.15) is 12.5 Å². The molecule has 0 saturated heterocycles. The highest BCUT2D eigenvalue weighted by Crippen LogP contribution is 2.16. The quantitative estimate of drug-likeness (QED) is 0.512. The molecular weight excluding hydrogens is 260 g/mol. The first-order chi connectivity index (χ1) is 8.70. The summed E-state index contributed by atoms with van der Waals surface area (Å²) < 4.78 is 0.676. The van der Waals surface area contributed by atoms with Crippen LogP contribution in [0.2, 0.25) is 0 Å². The van der Waals surface area contributed by atoms with Crippen LogP contribution in [0.3, 0.4) is 0 Å². The first-order valence-electron chi connectivity index (χ1n) is 5.58. The van der Waals surface area contributed by atoms with Gasteiger partial charge in [-0.05, 0) is 35.6 Å². The van der Waals surface area contributed by atoms with Crippen LogP contribution in [0.5, 0.6) is 0 Å². The normalized spacial score (nSPS) is 11.6. The third-order valence-corrected chi connectivity index (χ3v) is 3.72. The summed E-state index contributed by atoms with van der Waals surface area (Å²) in [5.74, 6) is 0. The summed E-state index contributed by atoms with van der Waals surface area (Å²) in [7, 11) is 0. The molecule has 0 radical (unpaired) electrons. The Morgan fingerprint density at radius 1 is 1.17 bits per heavy atom. The molecule has 1 N–H and O–H groups in total. The van der Waals surface area contributed by atoms with E-state index in [-0.39, 0.29) is 0 Å². The maximum atomic E-state index is 5.05. The average Bonchev–Trinajstić information content (AvgIpc) is 2.43. The molecule has 2 nitrogen and oxygen atoms in total. The number of rotatable bonds is 2. The molecule has 92 valence electrons. The van der Waals surface area contributed by atoms with Gasteiger partial charge in [0.2, 0.25) is 0 Å². The van der Waals surface area contributed by atoms with Gasteiger partial charge in [0.05, 0.1) is 5.71 Å². The maximum Gasteiger partial charge on any atom is 0.153 e. The lowest BCUT2D eigenvalue weighted by molar-refractivity contribution is 1.06. The van der Waals surface area contributed by atoms with Crippen molar-refractivity contribution in [1.82, 2.24) is 5.43 Å². The molecule has 0 aliphatic rings. The first-order valence-corrected chi connectivity index (χ1v) is 7.21. The minimum Gasteiger partial charge on any atom is -0.262 e. The predicted octanol–water partition coefficient (Wildman–Crippen LogP) is 3.80. The summed E-state index contributed by atoms with van der Waals surface area (Å²) in [6.45, 7) is 1.97. The molecule has 0 aromatic heterocycles. The van der Waals surface area contributed by atoms with Gasteiger partial charge in [0.25, 0.3) is 0 Å². The molecule has 0 amide bonds. The molecule has 0 unspecified atom stereocenters. The molecule has 2 rings (SSSR count). The van der Waals surface area contributed by atoms with Crippen LogP contribution in [0.25, 0.3) is 10.8 Å². The molecule has 0 atom stereocenters. The van der Waals surface area contributed by atoms with E-state index in [0.717, 1.165) is 11.3 Å². The summed E-state index contributed by atoms with van der Waals surface area (Å²) in [5, 5.41) is 6.73. The Bertz CT molecular complexity index is 606. The molecule has 0 heterocycles. The molecule has 0 fully saturated rings. The standard InChI is InChI=1S/C14H14N2S2/c1-10(15-16-14(17)18-2)12-8-7-11-5-3-4-6-13(11)9-12/h3-9H,1-2H3,(H,16,17). The van der Waals surface area contributed by atoms with Crippen molar-refractivity contribution in [3.8, 4) is 0 Å². The lowest BCUT2D eigenvalue weighted by Gasteiger charge is -2.04. The monoisotopic (exact) mass is 274 g/mol. The zero-order chi connectivity index (χ0) is 13.0. The lowest BCUT2D eigenvalue weighted by Crippen LogP contribution is -2.13. The van der Waals surface area contributed by atoms with Crippen molar-refractivity contribution in [1.29, 1.82) is 0 Å². The molecular formula is C14H14N2S2. The summed E-state index contributed by atoms with van der Waals surface area (Å²) >= 11 is 6.52. The summed E-state index contributed by atoms with van der Waals surface area (Å²) in [6.07, 6.45) is 1.93. The molecule has 0 spiro atoms. The highest BCUT2D eigenvalue weighted by atomic mass is 32.2.